The Morgan fingerprint density at radius 3 is 2.85 bits per heavy atom. The van der Waals surface area contributed by atoms with Crippen LogP contribution < -0.4 is 0 Å². The molecule has 0 spiro atoms. The summed E-state index contributed by atoms with van der Waals surface area (Å²) in [5.74, 6) is 0.396. The van der Waals surface area contributed by atoms with Crippen molar-refractivity contribution in [2.45, 2.75) is 4.21 Å². The van der Waals surface area contributed by atoms with Crippen LogP contribution in [0.25, 0.3) is 10.1 Å². The standard InChI is InChI=1S/C9H7IOS2/c1-12-8-3-5-2-6(10)4-7(11)9(5)13-8/h2-4,11H,1H3. The Labute approximate surface area is 98.3 Å². The number of rotatable bonds is 1. The molecule has 0 aliphatic rings. The number of phenols is 1. The Morgan fingerprint density at radius 2 is 2.15 bits per heavy atom. The number of hydrogen-bond acceptors (Lipinski definition) is 3. The Kier molecular flexibility index (Phi) is 2.71. The molecule has 1 aromatic carbocycles. The minimum absolute atomic E-state index is 0.396. The molecule has 1 N–H and O–H groups in total. The molecular formula is C9H7IOS2. The zero-order valence-corrected chi connectivity index (χ0v) is 10.7. The lowest BCUT2D eigenvalue weighted by Gasteiger charge is -1.94. The van der Waals surface area contributed by atoms with Gasteiger partial charge in [0.25, 0.3) is 0 Å². The van der Waals surface area contributed by atoms with Gasteiger partial charge in [0, 0.05) is 3.57 Å². The summed E-state index contributed by atoms with van der Waals surface area (Å²) in [5.41, 5.74) is 0. The fourth-order valence-electron chi connectivity index (χ4n) is 1.18. The first-order valence-electron chi connectivity index (χ1n) is 3.67. The molecule has 1 aromatic heterocycles. The summed E-state index contributed by atoms with van der Waals surface area (Å²) in [6.45, 7) is 0. The molecule has 0 saturated heterocycles. The maximum Gasteiger partial charge on any atom is 0.134 e. The number of halogens is 1. The normalized spacial score (nSPS) is 10.9. The Bertz CT molecular complexity index is 450. The third-order valence-corrected chi connectivity index (χ3v) is 4.60. The van der Waals surface area contributed by atoms with Crippen LogP contribution >= 0.6 is 45.7 Å². The highest BCUT2D eigenvalue weighted by atomic mass is 127. The van der Waals surface area contributed by atoms with Gasteiger partial charge in [0.15, 0.2) is 0 Å². The second kappa shape index (κ2) is 3.67. The third kappa shape index (κ3) is 1.80. The predicted molar refractivity (Wildman–Crippen MR) is 68.0 cm³/mol. The van der Waals surface area contributed by atoms with Gasteiger partial charge in [-0.2, -0.15) is 0 Å². The molecule has 0 fully saturated rings. The van der Waals surface area contributed by atoms with E-state index in [-0.39, 0.29) is 0 Å². The van der Waals surface area contributed by atoms with Gasteiger partial charge in [-0.15, -0.1) is 23.1 Å². The van der Waals surface area contributed by atoms with Gasteiger partial charge in [-0.1, -0.05) is 0 Å². The molecule has 0 bridgehead atoms. The molecule has 1 heterocycles. The Balaban J connectivity index is 2.75. The van der Waals surface area contributed by atoms with Crippen molar-refractivity contribution in [2.24, 2.45) is 0 Å². The van der Waals surface area contributed by atoms with Gasteiger partial charge in [-0.3, -0.25) is 0 Å². The second-order valence-corrected chi connectivity index (χ2v) is 6.02. The van der Waals surface area contributed by atoms with Crippen molar-refractivity contribution in [3.05, 3.63) is 21.8 Å². The van der Waals surface area contributed by atoms with E-state index in [1.807, 2.05) is 6.26 Å². The molecule has 0 aliphatic heterocycles. The van der Waals surface area contributed by atoms with Crippen molar-refractivity contribution in [3.8, 4) is 5.75 Å². The van der Waals surface area contributed by atoms with E-state index in [1.54, 1.807) is 29.2 Å². The van der Waals surface area contributed by atoms with E-state index in [1.165, 1.54) is 4.21 Å². The number of aromatic hydroxyl groups is 1. The van der Waals surface area contributed by atoms with Gasteiger partial charge in [0.1, 0.15) is 5.75 Å². The Morgan fingerprint density at radius 1 is 1.38 bits per heavy atom. The number of benzene rings is 1. The largest absolute Gasteiger partial charge is 0.506 e. The number of hydrogen-bond donors (Lipinski definition) is 1. The summed E-state index contributed by atoms with van der Waals surface area (Å²) in [5, 5.41) is 10.8. The topological polar surface area (TPSA) is 20.2 Å². The van der Waals surface area contributed by atoms with E-state index in [4.69, 9.17) is 0 Å². The lowest BCUT2D eigenvalue weighted by Crippen LogP contribution is -1.70. The van der Waals surface area contributed by atoms with Crippen LogP contribution in [0, 0.1) is 3.57 Å². The van der Waals surface area contributed by atoms with Gasteiger partial charge >= 0.3 is 0 Å². The van der Waals surface area contributed by atoms with Crippen LogP contribution in [-0.2, 0) is 0 Å². The van der Waals surface area contributed by atoms with Crippen LogP contribution in [0.15, 0.2) is 22.4 Å². The molecule has 68 valence electrons. The molecular weight excluding hydrogens is 315 g/mol. The van der Waals surface area contributed by atoms with Gasteiger partial charge in [0.2, 0.25) is 0 Å². The van der Waals surface area contributed by atoms with Crippen LogP contribution in [0.4, 0.5) is 0 Å². The molecule has 0 saturated carbocycles. The molecule has 2 aromatic rings. The van der Waals surface area contributed by atoms with E-state index in [9.17, 15) is 5.11 Å². The molecule has 13 heavy (non-hydrogen) atoms. The van der Waals surface area contributed by atoms with Crippen molar-refractivity contribution in [1.82, 2.24) is 0 Å². The number of thioether (sulfide) groups is 1. The predicted octanol–water partition coefficient (Wildman–Crippen LogP) is 3.93. The fourth-order valence-corrected chi connectivity index (χ4v) is 3.42. The summed E-state index contributed by atoms with van der Waals surface area (Å²) in [6.07, 6.45) is 2.05. The van der Waals surface area contributed by atoms with Gasteiger partial charge < -0.3 is 5.11 Å². The summed E-state index contributed by atoms with van der Waals surface area (Å²) in [4.78, 5) is 0. The summed E-state index contributed by atoms with van der Waals surface area (Å²) >= 11 is 5.57. The van der Waals surface area contributed by atoms with Crippen LogP contribution in [0.1, 0.15) is 0 Å². The number of thiophene rings is 1. The maximum absolute atomic E-state index is 9.66. The van der Waals surface area contributed by atoms with Crippen LogP contribution in [-0.4, -0.2) is 11.4 Å². The van der Waals surface area contributed by atoms with Crippen molar-refractivity contribution >= 4 is 55.8 Å². The number of phenolic OH excluding ortho intramolecular Hbond substituents is 1. The second-order valence-electron chi connectivity index (χ2n) is 2.61. The van der Waals surface area contributed by atoms with E-state index >= 15 is 0 Å². The lowest BCUT2D eigenvalue weighted by molar-refractivity contribution is 0.482. The average Bonchev–Trinajstić information content (AvgIpc) is 2.47. The molecule has 0 aliphatic carbocycles. The van der Waals surface area contributed by atoms with Gasteiger partial charge in [-0.25, -0.2) is 0 Å². The molecule has 0 amide bonds. The first-order chi connectivity index (χ1) is 6.20. The van der Waals surface area contributed by atoms with Gasteiger partial charge in [0.05, 0.1) is 8.91 Å². The van der Waals surface area contributed by atoms with Crippen molar-refractivity contribution in [1.29, 1.82) is 0 Å². The van der Waals surface area contributed by atoms with Crippen molar-refractivity contribution in [2.75, 3.05) is 6.26 Å². The van der Waals surface area contributed by atoms with E-state index in [0.717, 1.165) is 13.7 Å². The fraction of sp³-hybridized carbons (Fsp3) is 0.111. The zero-order chi connectivity index (χ0) is 9.42. The molecule has 1 nitrogen and oxygen atoms in total. The van der Waals surface area contributed by atoms with Crippen LogP contribution in [0.3, 0.4) is 0 Å². The highest BCUT2D eigenvalue weighted by Gasteiger charge is 2.06. The highest BCUT2D eigenvalue weighted by Crippen LogP contribution is 2.37. The molecule has 0 unspecified atom stereocenters. The van der Waals surface area contributed by atoms with E-state index in [0.29, 0.717) is 5.75 Å². The average molecular weight is 322 g/mol. The summed E-state index contributed by atoms with van der Waals surface area (Å²) < 4.78 is 3.31. The smallest absolute Gasteiger partial charge is 0.134 e. The molecule has 0 atom stereocenters. The van der Waals surface area contributed by atoms with Crippen molar-refractivity contribution in [3.63, 3.8) is 0 Å². The minimum atomic E-state index is 0.396. The molecule has 0 radical (unpaired) electrons. The summed E-state index contributed by atoms with van der Waals surface area (Å²) in [6, 6.07) is 6.00. The SMILES string of the molecule is CSc1cc2cc(I)cc(O)c2s1. The first-order valence-corrected chi connectivity index (χ1v) is 6.79. The monoisotopic (exact) mass is 322 g/mol. The molecule has 2 rings (SSSR count). The summed E-state index contributed by atoms with van der Waals surface area (Å²) in [7, 11) is 0. The highest BCUT2D eigenvalue weighted by molar-refractivity contribution is 14.1. The third-order valence-electron chi connectivity index (χ3n) is 1.74. The minimum Gasteiger partial charge on any atom is -0.506 e. The maximum atomic E-state index is 9.66. The first kappa shape index (κ1) is 9.61. The quantitative estimate of drug-likeness (QED) is 0.634. The Hall–Kier alpha value is 0.0600. The lowest BCUT2D eigenvalue weighted by atomic mass is 10.2. The van der Waals surface area contributed by atoms with Crippen LogP contribution in [0.5, 0.6) is 5.75 Å². The van der Waals surface area contributed by atoms with Crippen molar-refractivity contribution < 1.29 is 5.11 Å². The van der Waals surface area contributed by atoms with E-state index in [2.05, 4.69) is 34.7 Å². The van der Waals surface area contributed by atoms with Gasteiger partial charge in [-0.05, 0) is 52.4 Å². The number of fused-ring (bicyclic) bond motifs is 1. The van der Waals surface area contributed by atoms with Crippen LogP contribution in [0.2, 0.25) is 0 Å². The molecule has 4 heteroatoms. The zero-order valence-electron chi connectivity index (χ0n) is 6.87. The van der Waals surface area contributed by atoms with E-state index < -0.39 is 0 Å².